The average Bonchev–Trinajstić information content (AvgIpc) is 3.24. The van der Waals surface area contributed by atoms with Gasteiger partial charge >= 0.3 is 0 Å². The van der Waals surface area contributed by atoms with E-state index in [0.717, 1.165) is 31.2 Å². The summed E-state index contributed by atoms with van der Waals surface area (Å²) in [5, 5.41) is 10.4. The van der Waals surface area contributed by atoms with E-state index >= 15 is 0 Å². The van der Waals surface area contributed by atoms with Crippen molar-refractivity contribution in [3.05, 3.63) is 35.4 Å². The molecule has 1 aliphatic heterocycles. The first-order valence-corrected chi connectivity index (χ1v) is 7.44. The molecular formula is C16H24N2O. The Balaban J connectivity index is 1.52. The summed E-state index contributed by atoms with van der Waals surface area (Å²) in [6.07, 6.45) is 2.44. The normalized spacial score (nSPS) is 23.5. The number of β-amino-alcohol motifs (C(OH)–C–C–N with tert-alkyl or cyclic N) is 1. The Kier molecular flexibility index (Phi) is 3.87. The van der Waals surface area contributed by atoms with Crippen LogP contribution < -0.4 is 0 Å². The van der Waals surface area contributed by atoms with Gasteiger partial charge in [-0.15, -0.1) is 0 Å². The molecule has 1 aliphatic carbocycles. The molecule has 3 heteroatoms. The molecule has 1 unspecified atom stereocenters. The molecule has 0 bridgehead atoms. The number of hydrogen-bond acceptors (Lipinski definition) is 3. The first-order valence-electron chi connectivity index (χ1n) is 7.44. The highest BCUT2D eigenvalue weighted by molar-refractivity contribution is 5.27. The van der Waals surface area contributed by atoms with Crippen molar-refractivity contribution in [1.82, 2.24) is 9.80 Å². The molecule has 1 saturated heterocycles. The van der Waals surface area contributed by atoms with Crippen LogP contribution in [0, 0.1) is 6.92 Å². The first kappa shape index (κ1) is 13.1. The molecule has 0 spiro atoms. The van der Waals surface area contributed by atoms with E-state index in [9.17, 15) is 5.11 Å². The molecule has 3 nitrogen and oxygen atoms in total. The van der Waals surface area contributed by atoms with Crippen LogP contribution >= 0.6 is 0 Å². The summed E-state index contributed by atoms with van der Waals surface area (Å²) >= 11 is 0. The van der Waals surface area contributed by atoms with Crippen LogP contribution in [0.25, 0.3) is 0 Å². The van der Waals surface area contributed by atoms with E-state index in [4.69, 9.17) is 0 Å². The summed E-state index contributed by atoms with van der Waals surface area (Å²) < 4.78 is 0. The van der Waals surface area contributed by atoms with E-state index in [0.29, 0.717) is 0 Å². The maximum absolute atomic E-state index is 10.4. The van der Waals surface area contributed by atoms with Crippen LogP contribution in [0.2, 0.25) is 0 Å². The van der Waals surface area contributed by atoms with Crippen LogP contribution in [0.4, 0.5) is 0 Å². The third-order valence-corrected chi connectivity index (χ3v) is 4.45. The molecule has 0 aromatic heterocycles. The van der Waals surface area contributed by atoms with Crippen molar-refractivity contribution < 1.29 is 5.11 Å². The van der Waals surface area contributed by atoms with Gasteiger partial charge in [-0.1, -0.05) is 24.3 Å². The van der Waals surface area contributed by atoms with Crippen molar-refractivity contribution >= 4 is 0 Å². The average molecular weight is 260 g/mol. The van der Waals surface area contributed by atoms with Gasteiger partial charge in [-0.2, -0.15) is 0 Å². The highest BCUT2D eigenvalue weighted by atomic mass is 16.3. The van der Waals surface area contributed by atoms with E-state index in [1.807, 2.05) is 18.2 Å². The Labute approximate surface area is 115 Å². The third kappa shape index (κ3) is 3.16. The van der Waals surface area contributed by atoms with Gasteiger partial charge in [0.25, 0.3) is 0 Å². The highest BCUT2D eigenvalue weighted by Gasteiger charge is 2.31. The molecule has 1 saturated carbocycles. The fourth-order valence-electron chi connectivity index (χ4n) is 3.05. The van der Waals surface area contributed by atoms with Gasteiger partial charge in [0.2, 0.25) is 0 Å². The second kappa shape index (κ2) is 5.61. The van der Waals surface area contributed by atoms with Gasteiger partial charge < -0.3 is 5.11 Å². The summed E-state index contributed by atoms with van der Waals surface area (Å²) in [5.74, 6) is 0. The molecule has 104 valence electrons. The molecule has 0 amide bonds. The largest absolute Gasteiger partial charge is 0.387 e. The van der Waals surface area contributed by atoms with Crippen molar-refractivity contribution in [3.63, 3.8) is 0 Å². The lowest BCUT2D eigenvalue weighted by molar-refractivity contribution is 0.0697. The van der Waals surface area contributed by atoms with E-state index in [1.54, 1.807) is 0 Å². The van der Waals surface area contributed by atoms with Gasteiger partial charge in [-0.05, 0) is 30.9 Å². The minimum atomic E-state index is -0.353. The predicted molar refractivity (Wildman–Crippen MR) is 77.2 cm³/mol. The molecule has 3 rings (SSSR count). The number of aliphatic hydroxyl groups excluding tert-OH is 1. The van der Waals surface area contributed by atoms with E-state index in [2.05, 4.69) is 22.8 Å². The lowest BCUT2D eigenvalue weighted by Crippen LogP contribution is -2.48. The number of nitrogens with zero attached hydrogens (tertiary/aromatic N) is 2. The van der Waals surface area contributed by atoms with Crippen LogP contribution in [0.15, 0.2) is 24.3 Å². The molecule has 1 atom stereocenters. The molecule has 19 heavy (non-hydrogen) atoms. The van der Waals surface area contributed by atoms with E-state index in [-0.39, 0.29) is 6.10 Å². The van der Waals surface area contributed by atoms with Gasteiger partial charge in [0, 0.05) is 38.8 Å². The minimum Gasteiger partial charge on any atom is -0.387 e. The fraction of sp³-hybridized carbons (Fsp3) is 0.625. The standard InChI is InChI=1S/C16H24N2O/c1-13-4-2-3-5-15(13)16(19)12-17-8-10-18(11-9-17)14-6-7-14/h2-5,14,16,19H,6-12H2,1H3. The highest BCUT2D eigenvalue weighted by Crippen LogP contribution is 2.28. The van der Waals surface area contributed by atoms with E-state index < -0.39 is 0 Å². The van der Waals surface area contributed by atoms with Crippen molar-refractivity contribution in [3.8, 4) is 0 Å². The zero-order chi connectivity index (χ0) is 13.2. The molecular weight excluding hydrogens is 236 g/mol. The quantitative estimate of drug-likeness (QED) is 0.894. The second-order valence-corrected chi connectivity index (χ2v) is 5.94. The lowest BCUT2D eigenvalue weighted by Gasteiger charge is -2.35. The number of aryl methyl sites for hydroxylation is 1. The Morgan fingerprint density at radius 3 is 2.47 bits per heavy atom. The van der Waals surface area contributed by atoms with Crippen molar-refractivity contribution in [2.24, 2.45) is 0 Å². The SMILES string of the molecule is Cc1ccccc1C(O)CN1CCN(C2CC2)CC1. The van der Waals surface area contributed by atoms with Crippen LogP contribution in [-0.4, -0.2) is 53.7 Å². The zero-order valence-corrected chi connectivity index (χ0v) is 11.8. The molecule has 1 heterocycles. The molecule has 2 fully saturated rings. The van der Waals surface area contributed by atoms with Gasteiger partial charge in [-0.25, -0.2) is 0 Å². The zero-order valence-electron chi connectivity index (χ0n) is 11.8. The van der Waals surface area contributed by atoms with E-state index in [1.165, 1.54) is 31.5 Å². The molecule has 0 radical (unpaired) electrons. The summed E-state index contributed by atoms with van der Waals surface area (Å²) in [6.45, 7) is 7.38. The predicted octanol–water partition coefficient (Wildman–Crippen LogP) is 1.81. The third-order valence-electron chi connectivity index (χ3n) is 4.45. The number of aliphatic hydroxyl groups is 1. The smallest absolute Gasteiger partial charge is 0.0919 e. The van der Waals surface area contributed by atoms with Crippen LogP contribution in [-0.2, 0) is 0 Å². The maximum Gasteiger partial charge on any atom is 0.0919 e. The van der Waals surface area contributed by atoms with Crippen LogP contribution in [0.5, 0.6) is 0 Å². The molecule has 1 aromatic rings. The van der Waals surface area contributed by atoms with Crippen LogP contribution in [0.1, 0.15) is 30.1 Å². The lowest BCUT2D eigenvalue weighted by atomic mass is 10.0. The summed E-state index contributed by atoms with van der Waals surface area (Å²) in [5.41, 5.74) is 2.26. The molecule has 2 aliphatic rings. The number of piperazine rings is 1. The summed E-state index contributed by atoms with van der Waals surface area (Å²) in [6, 6.07) is 9.03. The Hall–Kier alpha value is -0.900. The topological polar surface area (TPSA) is 26.7 Å². The number of benzene rings is 1. The monoisotopic (exact) mass is 260 g/mol. The molecule has 1 N–H and O–H groups in total. The van der Waals surface area contributed by atoms with Gasteiger partial charge in [0.1, 0.15) is 0 Å². The number of hydrogen-bond donors (Lipinski definition) is 1. The van der Waals surface area contributed by atoms with Crippen molar-refractivity contribution in [2.75, 3.05) is 32.7 Å². The Bertz CT molecular complexity index is 423. The van der Waals surface area contributed by atoms with Crippen molar-refractivity contribution in [2.45, 2.75) is 31.9 Å². The maximum atomic E-state index is 10.4. The minimum absolute atomic E-state index is 0.353. The van der Waals surface area contributed by atoms with Gasteiger partial charge in [0.15, 0.2) is 0 Å². The Morgan fingerprint density at radius 2 is 1.84 bits per heavy atom. The van der Waals surface area contributed by atoms with Gasteiger partial charge in [-0.3, -0.25) is 9.80 Å². The number of rotatable bonds is 4. The molecule has 1 aromatic carbocycles. The first-order chi connectivity index (χ1) is 9.24. The summed E-state index contributed by atoms with van der Waals surface area (Å²) in [4.78, 5) is 5.01. The Morgan fingerprint density at radius 1 is 1.16 bits per heavy atom. The second-order valence-electron chi connectivity index (χ2n) is 5.94. The van der Waals surface area contributed by atoms with Gasteiger partial charge in [0.05, 0.1) is 6.10 Å². The van der Waals surface area contributed by atoms with Crippen molar-refractivity contribution in [1.29, 1.82) is 0 Å². The van der Waals surface area contributed by atoms with Crippen LogP contribution in [0.3, 0.4) is 0 Å². The fourth-order valence-corrected chi connectivity index (χ4v) is 3.05. The summed E-state index contributed by atoms with van der Waals surface area (Å²) in [7, 11) is 0.